The van der Waals surface area contributed by atoms with E-state index in [1.165, 1.54) is 16.7 Å². The van der Waals surface area contributed by atoms with Crippen molar-refractivity contribution >= 4 is 5.96 Å². The zero-order valence-electron chi connectivity index (χ0n) is 19.5. The van der Waals surface area contributed by atoms with Crippen molar-refractivity contribution in [2.75, 3.05) is 40.0 Å². The van der Waals surface area contributed by atoms with Crippen molar-refractivity contribution in [1.29, 1.82) is 0 Å². The van der Waals surface area contributed by atoms with E-state index in [4.69, 9.17) is 9.47 Å². The molecular formula is C27H37N3O2. The van der Waals surface area contributed by atoms with E-state index in [2.05, 4.69) is 77.1 Å². The van der Waals surface area contributed by atoms with Crippen LogP contribution < -0.4 is 10.6 Å². The summed E-state index contributed by atoms with van der Waals surface area (Å²) in [4.78, 5) is 4.51. The highest BCUT2D eigenvalue weighted by Gasteiger charge is 2.34. The Balaban J connectivity index is 1.38. The molecule has 2 unspecified atom stereocenters. The van der Waals surface area contributed by atoms with Crippen LogP contribution in [0.5, 0.6) is 0 Å². The Hall–Kier alpha value is -2.37. The molecular weight excluding hydrogens is 398 g/mol. The fourth-order valence-electron chi connectivity index (χ4n) is 5.00. The number of hydrogen-bond donors (Lipinski definition) is 2. The van der Waals surface area contributed by atoms with Gasteiger partial charge in [0.2, 0.25) is 0 Å². The van der Waals surface area contributed by atoms with Crippen molar-refractivity contribution in [2.24, 2.45) is 10.9 Å². The molecule has 2 N–H and O–H groups in total. The highest BCUT2D eigenvalue weighted by molar-refractivity contribution is 5.79. The molecule has 2 heterocycles. The van der Waals surface area contributed by atoms with E-state index in [0.29, 0.717) is 5.92 Å². The molecule has 2 aromatic carbocycles. The first kappa shape index (κ1) is 22.8. The van der Waals surface area contributed by atoms with Crippen LogP contribution in [-0.4, -0.2) is 45.9 Å². The summed E-state index contributed by atoms with van der Waals surface area (Å²) in [6.45, 7) is 6.27. The van der Waals surface area contributed by atoms with Crippen LogP contribution in [0.25, 0.3) is 0 Å². The normalized spacial score (nSPS) is 23.5. The highest BCUT2D eigenvalue weighted by atomic mass is 16.5. The van der Waals surface area contributed by atoms with E-state index in [1.54, 1.807) is 0 Å². The summed E-state index contributed by atoms with van der Waals surface area (Å²) in [5.41, 5.74) is 4.01. The fraction of sp³-hybridized carbons (Fsp3) is 0.519. The molecule has 172 valence electrons. The molecule has 2 aliphatic heterocycles. The third-order valence-electron chi connectivity index (χ3n) is 7.04. The Morgan fingerprint density at radius 2 is 1.75 bits per heavy atom. The quantitative estimate of drug-likeness (QED) is 0.522. The maximum absolute atomic E-state index is 6.20. The van der Waals surface area contributed by atoms with Crippen molar-refractivity contribution in [3.8, 4) is 0 Å². The van der Waals surface area contributed by atoms with Gasteiger partial charge in [-0.2, -0.15) is 0 Å². The lowest BCUT2D eigenvalue weighted by molar-refractivity contribution is -0.0265. The minimum atomic E-state index is 0.0789. The first-order valence-corrected chi connectivity index (χ1v) is 12.0. The standard InChI is InChI=1S/C27H37N3O2/c1-21-10-12-22(13-11-21)25-23(7-6-16-32-25)19-29-26(28-2)30-20-27(14-17-31-18-15-27)24-8-4-3-5-9-24/h3-5,8-13,23,25H,6-7,14-20H2,1-2H3,(H2,28,29,30). The summed E-state index contributed by atoms with van der Waals surface area (Å²) in [6, 6.07) is 19.6. The molecule has 0 bridgehead atoms. The monoisotopic (exact) mass is 435 g/mol. The topological polar surface area (TPSA) is 54.9 Å². The molecule has 5 nitrogen and oxygen atoms in total. The summed E-state index contributed by atoms with van der Waals surface area (Å²) in [7, 11) is 1.85. The Morgan fingerprint density at radius 3 is 2.47 bits per heavy atom. The number of ether oxygens (including phenoxy) is 2. The Kier molecular flexibility index (Phi) is 7.82. The van der Waals surface area contributed by atoms with E-state index >= 15 is 0 Å². The SMILES string of the molecule is CN=C(NCC1CCCOC1c1ccc(C)cc1)NCC1(c2ccccc2)CCOCC1. The van der Waals surface area contributed by atoms with Crippen LogP contribution in [0.1, 0.15) is 48.5 Å². The molecule has 0 saturated carbocycles. The minimum absolute atomic E-state index is 0.0789. The molecule has 0 amide bonds. The molecule has 0 spiro atoms. The van der Waals surface area contributed by atoms with E-state index in [9.17, 15) is 0 Å². The molecule has 0 aliphatic carbocycles. The first-order chi connectivity index (χ1) is 15.7. The van der Waals surface area contributed by atoms with E-state index in [1.807, 2.05) is 7.05 Å². The van der Waals surface area contributed by atoms with Gasteiger partial charge >= 0.3 is 0 Å². The van der Waals surface area contributed by atoms with Gasteiger partial charge in [-0.25, -0.2) is 0 Å². The number of rotatable bonds is 6. The van der Waals surface area contributed by atoms with Crippen molar-refractivity contribution in [2.45, 2.75) is 44.1 Å². The molecule has 0 radical (unpaired) electrons. The van der Waals surface area contributed by atoms with E-state index in [-0.39, 0.29) is 11.5 Å². The van der Waals surface area contributed by atoms with Gasteiger partial charge in [-0.05, 0) is 43.7 Å². The Labute approximate surface area is 192 Å². The second-order valence-corrected chi connectivity index (χ2v) is 9.17. The number of hydrogen-bond acceptors (Lipinski definition) is 3. The van der Waals surface area contributed by atoms with Crippen molar-refractivity contribution < 1.29 is 9.47 Å². The molecule has 4 rings (SSSR count). The summed E-state index contributed by atoms with van der Waals surface area (Å²) in [5, 5.41) is 7.21. The zero-order valence-corrected chi connectivity index (χ0v) is 19.5. The van der Waals surface area contributed by atoms with E-state index < -0.39 is 0 Å². The second-order valence-electron chi connectivity index (χ2n) is 9.17. The lowest BCUT2D eigenvalue weighted by atomic mass is 9.74. The van der Waals surface area contributed by atoms with Crippen LogP contribution in [0.3, 0.4) is 0 Å². The van der Waals surface area contributed by atoms with Crippen LogP contribution in [0.2, 0.25) is 0 Å². The third kappa shape index (κ3) is 5.51. The minimum Gasteiger partial charge on any atom is -0.381 e. The van der Waals surface area contributed by atoms with Gasteiger partial charge in [0.25, 0.3) is 0 Å². The molecule has 2 aliphatic rings. The van der Waals surface area contributed by atoms with Crippen molar-refractivity contribution in [3.63, 3.8) is 0 Å². The van der Waals surface area contributed by atoms with Gasteiger partial charge < -0.3 is 20.1 Å². The Bertz CT molecular complexity index is 860. The summed E-state index contributed by atoms with van der Waals surface area (Å²) < 4.78 is 11.9. The number of nitrogens with one attached hydrogen (secondary N) is 2. The van der Waals surface area contributed by atoms with Gasteiger partial charge in [0.15, 0.2) is 5.96 Å². The van der Waals surface area contributed by atoms with E-state index in [0.717, 1.165) is 64.6 Å². The maximum atomic E-state index is 6.20. The van der Waals surface area contributed by atoms with Crippen LogP contribution in [-0.2, 0) is 14.9 Å². The lowest BCUT2D eigenvalue weighted by Crippen LogP contribution is -2.49. The number of aryl methyl sites for hydroxylation is 1. The van der Waals surface area contributed by atoms with Gasteiger partial charge in [0.1, 0.15) is 0 Å². The Morgan fingerprint density at radius 1 is 1.00 bits per heavy atom. The van der Waals surface area contributed by atoms with Gasteiger partial charge in [0, 0.05) is 51.3 Å². The molecule has 2 saturated heterocycles. The molecule has 2 atom stereocenters. The fourth-order valence-corrected chi connectivity index (χ4v) is 5.00. The zero-order chi connectivity index (χ0) is 22.2. The maximum Gasteiger partial charge on any atom is 0.191 e. The van der Waals surface area contributed by atoms with Crippen LogP contribution in [0.15, 0.2) is 59.6 Å². The van der Waals surface area contributed by atoms with Gasteiger partial charge in [-0.3, -0.25) is 4.99 Å². The van der Waals surface area contributed by atoms with Gasteiger partial charge in [0.05, 0.1) is 6.10 Å². The predicted octanol–water partition coefficient (Wildman–Crippen LogP) is 4.38. The molecule has 0 aromatic heterocycles. The summed E-state index contributed by atoms with van der Waals surface area (Å²) in [5.74, 6) is 1.29. The molecule has 32 heavy (non-hydrogen) atoms. The van der Waals surface area contributed by atoms with Crippen LogP contribution in [0.4, 0.5) is 0 Å². The number of benzene rings is 2. The second kappa shape index (κ2) is 11.0. The number of guanidine groups is 1. The molecule has 2 aromatic rings. The number of aliphatic imine (C=N–C) groups is 1. The smallest absolute Gasteiger partial charge is 0.191 e. The average Bonchev–Trinajstić information content (AvgIpc) is 2.86. The molecule has 5 heteroatoms. The van der Waals surface area contributed by atoms with Crippen LogP contribution >= 0.6 is 0 Å². The van der Waals surface area contributed by atoms with Gasteiger partial charge in [-0.1, -0.05) is 60.2 Å². The van der Waals surface area contributed by atoms with Crippen LogP contribution in [0, 0.1) is 12.8 Å². The predicted molar refractivity (Wildman–Crippen MR) is 130 cm³/mol. The third-order valence-corrected chi connectivity index (χ3v) is 7.04. The average molecular weight is 436 g/mol. The lowest BCUT2D eigenvalue weighted by Gasteiger charge is -2.38. The van der Waals surface area contributed by atoms with Crippen molar-refractivity contribution in [1.82, 2.24) is 10.6 Å². The summed E-state index contributed by atoms with van der Waals surface area (Å²) >= 11 is 0. The van der Waals surface area contributed by atoms with Gasteiger partial charge in [-0.15, -0.1) is 0 Å². The highest BCUT2D eigenvalue weighted by Crippen LogP contribution is 2.35. The number of nitrogens with zero attached hydrogens (tertiary/aromatic N) is 1. The summed E-state index contributed by atoms with van der Waals surface area (Å²) in [6.07, 6.45) is 4.45. The largest absolute Gasteiger partial charge is 0.381 e. The first-order valence-electron chi connectivity index (χ1n) is 12.0. The molecule has 2 fully saturated rings. The van der Waals surface area contributed by atoms with Crippen molar-refractivity contribution in [3.05, 3.63) is 71.3 Å².